The van der Waals surface area contributed by atoms with Gasteiger partial charge >= 0.3 is 0 Å². The summed E-state index contributed by atoms with van der Waals surface area (Å²) in [4.78, 5) is 21.1. The molecule has 0 fully saturated rings. The molecule has 0 aliphatic carbocycles. The minimum Gasteiger partial charge on any atom is -0.366 e. The highest BCUT2D eigenvalue weighted by Gasteiger charge is 2.10. The van der Waals surface area contributed by atoms with Crippen molar-refractivity contribution in [3.8, 4) is 0 Å². The molecule has 138 valence electrons. The van der Waals surface area contributed by atoms with Crippen molar-refractivity contribution in [3.63, 3.8) is 0 Å². The Bertz CT molecular complexity index is 953. The third-order valence-electron chi connectivity index (χ3n) is 4.16. The van der Waals surface area contributed by atoms with Crippen LogP contribution in [0, 0.1) is 20.8 Å². The smallest absolute Gasteiger partial charge is 0.270 e. The highest BCUT2D eigenvalue weighted by Crippen LogP contribution is 2.11. The molecule has 0 atom stereocenters. The van der Waals surface area contributed by atoms with E-state index >= 15 is 0 Å². The van der Waals surface area contributed by atoms with E-state index < -0.39 is 0 Å². The van der Waals surface area contributed by atoms with Crippen LogP contribution in [0.5, 0.6) is 0 Å². The highest BCUT2D eigenvalue weighted by molar-refractivity contribution is 5.92. The van der Waals surface area contributed by atoms with Gasteiger partial charge in [0, 0.05) is 19.2 Å². The molecule has 0 saturated heterocycles. The summed E-state index contributed by atoms with van der Waals surface area (Å²) in [6, 6.07) is 18.0. The predicted molar refractivity (Wildman–Crippen MR) is 108 cm³/mol. The van der Waals surface area contributed by atoms with Crippen molar-refractivity contribution in [2.45, 2.75) is 33.9 Å². The summed E-state index contributed by atoms with van der Waals surface area (Å²) in [5.41, 5.74) is 4.97. The van der Waals surface area contributed by atoms with Crippen LogP contribution in [0.2, 0.25) is 0 Å². The number of amides is 1. The predicted octanol–water partition coefficient (Wildman–Crippen LogP) is 3.94. The zero-order chi connectivity index (χ0) is 19.2. The molecular weight excluding hydrogens is 336 g/mol. The topological polar surface area (TPSA) is 66.9 Å². The van der Waals surface area contributed by atoms with Gasteiger partial charge in [-0.15, -0.1) is 0 Å². The number of benzene rings is 2. The van der Waals surface area contributed by atoms with Gasteiger partial charge in [0.15, 0.2) is 0 Å². The van der Waals surface area contributed by atoms with E-state index in [2.05, 4.69) is 51.8 Å². The van der Waals surface area contributed by atoms with Crippen molar-refractivity contribution in [1.29, 1.82) is 0 Å². The fraction of sp³-hybridized carbons (Fsp3) is 0.227. The van der Waals surface area contributed by atoms with Gasteiger partial charge in [-0.05, 0) is 31.9 Å². The third kappa shape index (κ3) is 5.38. The molecule has 2 N–H and O–H groups in total. The van der Waals surface area contributed by atoms with Crippen molar-refractivity contribution >= 4 is 11.7 Å². The Morgan fingerprint density at radius 1 is 0.852 bits per heavy atom. The van der Waals surface area contributed by atoms with Gasteiger partial charge in [-0.3, -0.25) is 4.79 Å². The maximum absolute atomic E-state index is 12.5. The molecule has 0 bridgehead atoms. The van der Waals surface area contributed by atoms with Crippen LogP contribution in [0.1, 0.15) is 38.6 Å². The van der Waals surface area contributed by atoms with Crippen LogP contribution in [0.3, 0.4) is 0 Å². The second-order valence-corrected chi connectivity index (χ2v) is 6.70. The summed E-state index contributed by atoms with van der Waals surface area (Å²) in [6.45, 7) is 6.99. The number of nitrogens with one attached hydrogen (secondary N) is 2. The molecule has 0 aliphatic heterocycles. The lowest BCUT2D eigenvalue weighted by Gasteiger charge is -2.10. The number of anilines is 1. The molecule has 1 amide bonds. The van der Waals surface area contributed by atoms with E-state index in [1.54, 1.807) is 13.0 Å². The van der Waals surface area contributed by atoms with Crippen LogP contribution in [0.15, 0.2) is 54.6 Å². The average Bonchev–Trinajstić information content (AvgIpc) is 2.64. The van der Waals surface area contributed by atoms with Gasteiger partial charge in [0.25, 0.3) is 5.91 Å². The molecule has 5 nitrogen and oxygen atoms in total. The minimum absolute atomic E-state index is 0.208. The quantitative estimate of drug-likeness (QED) is 0.699. The summed E-state index contributed by atoms with van der Waals surface area (Å²) in [7, 11) is 0. The number of hydrogen-bond donors (Lipinski definition) is 2. The van der Waals surface area contributed by atoms with Gasteiger partial charge < -0.3 is 10.6 Å². The Balaban J connectivity index is 1.66. The molecule has 0 unspecified atom stereocenters. The van der Waals surface area contributed by atoms with E-state index in [0.717, 1.165) is 11.1 Å². The Labute approximate surface area is 159 Å². The van der Waals surface area contributed by atoms with Gasteiger partial charge in [0.05, 0.1) is 0 Å². The van der Waals surface area contributed by atoms with Gasteiger partial charge in [0.2, 0.25) is 0 Å². The number of carbonyl (C=O) groups excluding carboxylic acids is 1. The van der Waals surface area contributed by atoms with Gasteiger partial charge in [-0.25, -0.2) is 9.97 Å². The van der Waals surface area contributed by atoms with Crippen molar-refractivity contribution in [2.24, 2.45) is 0 Å². The van der Waals surface area contributed by atoms with Crippen LogP contribution in [-0.4, -0.2) is 15.9 Å². The lowest BCUT2D eigenvalue weighted by molar-refractivity contribution is 0.0945. The number of carbonyl (C=O) groups is 1. The zero-order valence-electron chi connectivity index (χ0n) is 15.9. The molecular formula is C22H24N4O. The van der Waals surface area contributed by atoms with E-state index in [0.29, 0.717) is 30.4 Å². The number of aromatic nitrogens is 2. The van der Waals surface area contributed by atoms with Crippen molar-refractivity contribution in [1.82, 2.24) is 15.3 Å². The molecule has 0 saturated carbocycles. The largest absolute Gasteiger partial charge is 0.366 e. The van der Waals surface area contributed by atoms with Crippen LogP contribution >= 0.6 is 0 Å². The molecule has 0 spiro atoms. The summed E-state index contributed by atoms with van der Waals surface area (Å²) < 4.78 is 0. The van der Waals surface area contributed by atoms with Crippen LogP contribution in [0.4, 0.5) is 5.82 Å². The van der Waals surface area contributed by atoms with E-state index in [1.807, 2.05) is 31.2 Å². The average molecular weight is 360 g/mol. The Morgan fingerprint density at radius 3 is 2.11 bits per heavy atom. The molecule has 27 heavy (non-hydrogen) atoms. The third-order valence-corrected chi connectivity index (χ3v) is 4.16. The SMILES string of the molecule is Cc1cccc(CNC(=O)c2cc(NCc3cccc(C)c3)nc(C)n2)c1. The summed E-state index contributed by atoms with van der Waals surface area (Å²) in [6.07, 6.45) is 0. The minimum atomic E-state index is -0.208. The summed E-state index contributed by atoms with van der Waals surface area (Å²) in [5, 5.41) is 6.20. The Morgan fingerprint density at radius 2 is 1.48 bits per heavy atom. The zero-order valence-corrected chi connectivity index (χ0v) is 15.9. The van der Waals surface area contributed by atoms with Gasteiger partial charge in [-0.2, -0.15) is 0 Å². The molecule has 5 heteroatoms. The van der Waals surface area contributed by atoms with Gasteiger partial charge in [0.1, 0.15) is 17.3 Å². The molecule has 1 aromatic heterocycles. The number of rotatable bonds is 6. The first-order valence-corrected chi connectivity index (χ1v) is 8.98. The molecule has 0 aliphatic rings. The fourth-order valence-corrected chi connectivity index (χ4v) is 2.88. The number of aryl methyl sites for hydroxylation is 3. The molecule has 3 aromatic rings. The first-order valence-electron chi connectivity index (χ1n) is 8.98. The second kappa shape index (κ2) is 8.45. The lowest BCUT2D eigenvalue weighted by atomic mass is 10.1. The second-order valence-electron chi connectivity index (χ2n) is 6.70. The van der Waals surface area contributed by atoms with E-state index in [1.165, 1.54) is 11.1 Å². The van der Waals surface area contributed by atoms with E-state index in [9.17, 15) is 4.79 Å². The van der Waals surface area contributed by atoms with Crippen molar-refractivity contribution in [2.75, 3.05) is 5.32 Å². The monoisotopic (exact) mass is 360 g/mol. The van der Waals surface area contributed by atoms with Crippen LogP contribution in [-0.2, 0) is 13.1 Å². The van der Waals surface area contributed by atoms with Crippen LogP contribution < -0.4 is 10.6 Å². The number of hydrogen-bond acceptors (Lipinski definition) is 4. The molecule has 1 heterocycles. The lowest BCUT2D eigenvalue weighted by Crippen LogP contribution is -2.24. The molecule has 2 aromatic carbocycles. The first kappa shape index (κ1) is 18.6. The first-order chi connectivity index (χ1) is 13.0. The van der Waals surface area contributed by atoms with Crippen LogP contribution in [0.25, 0.3) is 0 Å². The maximum Gasteiger partial charge on any atom is 0.270 e. The summed E-state index contributed by atoms with van der Waals surface area (Å²) >= 11 is 0. The molecule has 3 rings (SSSR count). The standard InChI is InChI=1S/C22H24N4O/c1-15-6-4-8-18(10-15)13-23-21-12-20(25-17(3)26-21)22(27)24-14-19-9-5-7-16(2)11-19/h4-12H,13-14H2,1-3H3,(H,24,27)(H,23,25,26). The normalized spacial score (nSPS) is 10.5. The van der Waals surface area contributed by atoms with Crippen molar-refractivity contribution < 1.29 is 4.79 Å². The Hall–Kier alpha value is -3.21. The number of nitrogens with zero attached hydrogens (tertiary/aromatic N) is 2. The van der Waals surface area contributed by atoms with Crippen molar-refractivity contribution in [3.05, 3.63) is 88.4 Å². The van der Waals surface area contributed by atoms with E-state index in [4.69, 9.17) is 0 Å². The summed E-state index contributed by atoms with van der Waals surface area (Å²) in [5.74, 6) is 0.996. The van der Waals surface area contributed by atoms with Gasteiger partial charge in [-0.1, -0.05) is 59.7 Å². The van der Waals surface area contributed by atoms with E-state index in [-0.39, 0.29) is 5.91 Å². The molecule has 0 radical (unpaired) electrons. The fourth-order valence-electron chi connectivity index (χ4n) is 2.88. The highest BCUT2D eigenvalue weighted by atomic mass is 16.1. The Kier molecular flexibility index (Phi) is 5.81. The maximum atomic E-state index is 12.5.